The molecule has 0 unspecified atom stereocenters. The van der Waals surface area contributed by atoms with Crippen LogP contribution in [0.4, 0.5) is 4.79 Å². The van der Waals surface area contributed by atoms with Gasteiger partial charge in [0.1, 0.15) is 6.33 Å². The van der Waals surface area contributed by atoms with Crippen molar-refractivity contribution in [1.82, 2.24) is 20.3 Å². The zero-order valence-corrected chi connectivity index (χ0v) is 6.60. The van der Waals surface area contributed by atoms with E-state index in [4.69, 9.17) is 4.74 Å². The molecular formula is C6H9N5O2. The van der Waals surface area contributed by atoms with Crippen LogP contribution in [0.15, 0.2) is 23.8 Å². The second kappa shape index (κ2) is 3.13. The van der Waals surface area contributed by atoms with Crippen molar-refractivity contribution < 1.29 is 11.0 Å². The Kier molecular flexibility index (Phi) is 1.83. The molecule has 13 heavy (non-hydrogen) atoms. The monoisotopic (exact) mass is 183 g/mol. The van der Waals surface area contributed by atoms with Crippen LogP contribution in [0.5, 0.6) is 0 Å². The molecule has 0 aliphatic carbocycles. The zero-order valence-electron chi connectivity index (χ0n) is 6.60. The van der Waals surface area contributed by atoms with Crippen LogP contribution in [0.1, 0.15) is 1.43 Å². The fraction of sp³-hybridized carbons (Fsp3) is 0.167. The molecule has 0 atom stereocenters. The number of rotatable bonds is 0. The first kappa shape index (κ1) is 7.59. The topological polar surface area (TPSA) is 80.5 Å². The van der Waals surface area contributed by atoms with E-state index in [2.05, 4.69) is 20.8 Å². The number of hydrazone groups is 1. The molecule has 0 saturated carbocycles. The van der Waals surface area contributed by atoms with Crippen molar-refractivity contribution in [2.75, 3.05) is 6.73 Å². The lowest BCUT2D eigenvalue weighted by molar-refractivity contribution is 0.242. The van der Waals surface area contributed by atoms with Crippen molar-refractivity contribution in [3.05, 3.63) is 18.7 Å². The number of amidine groups is 1. The van der Waals surface area contributed by atoms with Crippen LogP contribution in [0, 0.1) is 0 Å². The number of hydrogen-bond donors (Lipinski definition) is 2. The van der Waals surface area contributed by atoms with Gasteiger partial charge in [-0.05, 0) is 0 Å². The van der Waals surface area contributed by atoms with Crippen LogP contribution in [-0.4, -0.2) is 28.3 Å². The quantitative estimate of drug-likeness (QED) is 0.570. The molecule has 0 fully saturated rings. The van der Waals surface area contributed by atoms with Crippen molar-refractivity contribution in [2.45, 2.75) is 0 Å². The van der Waals surface area contributed by atoms with E-state index in [-0.39, 0.29) is 20.2 Å². The van der Waals surface area contributed by atoms with Gasteiger partial charge in [0.05, 0.1) is 0 Å². The fourth-order valence-corrected chi connectivity index (χ4v) is 0.836. The SMILES string of the molecule is O=C(NC1=NNCO1)n1ccnc1.[HH]. The summed E-state index contributed by atoms with van der Waals surface area (Å²) in [5.74, 6) is 0. The third-order valence-electron chi connectivity index (χ3n) is 1.41. The molecule has 7 nitrogen and oxygen atoms in total. The Balaban J connectivity index is 0.000000980. The molecule has 70 valence electrons. The Morgan fingerprint density at radius 3 is 3.38 bits per heavy atom. The van der Waals surface area contributed by atoms with Gasteiger partial charge >= 0.3 is 12.1 Å². The molecule has 1 aliphatic rings. The lowest BCUT2D eigenvalue weighted by atomic mass is 10.8. The normalized spacial score (nSPS) is 14.3. The first-order chi connectivity index (χ1) is 6.36. The average Bonchev–Trinajstić information content (AvgIpc) is 2.74. The molecule has 0 radical (unpaired) electrons. The molecule has 1 aromatic heterocycles. The first-order valence-electron chi connectivity index (χ1n) is 3.59. The van der Waals surface area contributed by atoms with Crippen LogP contribution >= 0.6 is 0 Å². The van der Waals surface area contributed by atoms with Gasteiger partial charge in [-0.2, -0.15) is 0 Å². The van der Waals surface area contributed by atoms with E-state index in [1.807, 2.05) is 0 Å². The Hall–Kier alpha value is -2.05. The number of carbonyl (C=O) groups is 1. The molecule has 0 aromatic carbocycles. The van der Waals surface area contributed by atoms with E-state index in [0.29, 0.717) is 0 Å². The number of ether oxygens (including phenoxy) is 1. The summed E-state index contributed by atoms with van der Waals surface area (Å²) < 4.78 is 6.18. The highest BCUT2D eigenvalue weighted by Gasteiger charge is 2.11. The Morgan fingerprint density at radius 2 is 2.77 bits per heavy atom. The lowest BCUT2D eigenvalue weighted by Gasteiger charge is -2.02. The van der Waals surface area contributed by atoms with Gasteiger partial charge in [0.15, 0.2) is 6.73 Å². The molecule has 1 amide bonds. The minimum atomic E-state index is -0.361. The van der Waals surface area contributed by atoms with Crippen LogP contribution in [0.3, 0.4) is 0 Å². The third-order valence-corrected chi connectivity index (χ3v) is 1.41. The molecule has 2 rings (SSSR count). The van der Waals surface area contributed by atoms with Gasteiger partial charge in [0, 0.05) is 13.8 Å². The van der Waals surface area contributed by atoms with Crippen molar-refractivity contribution >= 4 is 12.1 Å². The van der Waals surface area contributed by atoms with Gasteiger partial charge in [-0.25, -0.2) is 9.78 Å². The Labute approximate surface area is 74.9 Å². The van der Waals surface area contributed by atoms with Crippen molar-refractivity contribution in [1.29, 1.82) is 0 Å². The van der Waals surface area contributed by atoms with Crippen molar-refractivity contribution in [3.63, 3.8) is 0 Å². The predicted octanol–water partition coefficient (Wildman–Crippen LogP) is -0.465. The summed E-state index contributed by atoms with van der Waals surface area (Å²) in [5, 5.41) is 6.09. The summed E-state index contributed by atoms with van der Waals surface area (Å²) in [4.78, 5) is 15.0. The smallest absolute Gasteiger partial charge is 0.334 e. The number of amides is 1. The number of aromatic nitrogens is 2. The highest BCUT2D eigenvalue weighted by Crippen LogP contribution is 1.88. The van der Waals surface area contributed by atoms with E-state index in [0.717, 1.165) is 0 Å². The van der Waals surface area contributed by atoms with Crippen LogP contribution < -0.4 is 10.7 Å². The highest BCUT2D eigenvalue weighted by molar-refractivity contribution is 5.94. The molecule has 7 heteroatoms. The Morgan fingerprint density at radius 1 is 1.85 bits per heavy atom. The van der Waals surface area contributed by atoms with Gasteiger partial charge in [-0.1, -0.05) is 0 Å². The number of nitrogens with zero attached hydrogens (tertiary/aromatic N) is 3. The third kappa shape index (κ3) is 1.58. The van der Waals surface area contributed by atoms with E-state index >= 15 is 0 Å². The minimum Gasteiger partial charge on any atom is -0.441 e. The predicted molar refractivity (Wildman–Crippen MR) is 44.8 cm³/mol. The summed E-state index contributed by atoms with van der Waals surface area (Å²) in [6.45, 7) is 0.277. The van der Waals surface area contributed by atoms with E-state index < -0.39 is 0 Å². The summed E-state index contributed by atoms with van der Waals surface area (Å²) >= 11 is 0. The summed E-state index contributed by atoms with van der Waals surface area (Å²) in [6.07, 6.45) is 4.42. The van der Waals surface area contributed by atoms with Gasteiger partial charge in [-0.15, -0.1) is 5.10 Å². The largest absolute Gasteiger partial charge is 0.441 e. The standard InChI is InChI=1S/C6H7N5O2.H2/c12-6(11-2-1-7-3-11)9-5-10-8-4-13-5;/h1-3,8H,4H2,(H,9,10,12);1H. The molecule has 0 spiro atoms. The van der Waals surface area contributed by atoms with Crippen LogP contribution in [0.2, 0.25) is 0 Å². The maximum absolute atomic E-state index is 11.3. The summed E-state index contributed by atoms with van der Waals surface area (Å²) in [6, 6.07) is -0.196. The number of imidazole rings is 1. The Bertz CT molecular complexity index is 336. The van der Waals surface area contributed by atoms with E-state index in [1.54, 1.807) is 0 Å². The molecule has 0 saturated heterocycles. The van der Waals surface area contributed by atoms with Crippen LogP contribution in [-0.2, 0) is 4.74 Å². The lowest BCUT2D eigenvalue weighted by Crippen LogP contribution is -2.33. The summed E-state index contributed by atoms with van der Waals surface area (Å²) in [5.41, 5.74) is 2.55. The number of hydrogen-bond acceptors (Lipinski definition) is 5. The fourth-order valence-electron chi connectivity index (χ4n) is 0.836. The zero-order chi connectivity index (χ0) is 9.10. The van der Waals surface area contributed by atoms with Gasteiger partial charge in [0.25, 0.3) is 0 Å². The maximum Gasteiger partial charge on any atom is 0.334 e. The van der Waals surface area contributed by atoms with Crippen LogP contribution in [0.25, 0.3) is 0 Å². The van der Waals surface area contributed by atoms with Gasteiger partial charge < -0.3 is 4.74 Å². The summed E-state index contributed by atoms with van der Waals surface area (Å²) in [7, 11) is 0. The molecule has 1 aromatic rings. The highest BCUT2D eigenvalue weighted by atomic mass is 16.5. The van der Waals surface area contributed by atoms with Gasteiger partial charge in [-0.3, -0.25) is 15.3 Å². The molecule has 2 N–H and O–H groups in total. The average molecular weight is 183 g/mol. The molecular weight excluding hydrogens is 174 g/mol. The number of carbonyl (C=O) groups excluding carboxylic acids is 1. The molecule has 0 bridgehead atoms. The van der Waals surface area contributed by atoms with E-state index in [1.165, 1.54) is 23.3 Å². The molecule has 2 heterocycles. The second-order valence-electron chi connectivity index (χ2n) is 2.26. The number of nitrogens with one attached hydrogen (secondary N) is 2. The van der Waals surface area contributed by atoms with Crippen molar-refractivity contribution in [3.8, 4) is 0 Å². The van der Waals surface area contributed by atoms with E-state index in [9.17, 15) is 4.79 Å². The first-order valence-corrected chi connectivity index (χ1v) is 3.59. The second-order valence-corrected chi connectivity index (χ2v) is 2.26. The maximum atomic E-state index is 11.3. The van der Waals surface area contributed by atoms with Crippen molar-refractivity contribution in [2.24, 2.45) is 5.10 Å². The molecule has 1 aliphatic heterocycles. The van der Waals surface area contributed by atoms with Gasteiger partial charge in [0.2, 0.25) is 0 Å². The minimum absolute atomic E-state index is 0.